The number of halogens is 1. The maximum Gasteiger partial charge on any atom is 0.230 e. The highest BCUT2D eigenvalue weighted by Crippen LogP contribution is 2.20. The van der Waals surface area contributed by atoms with Crippen LogP contribution in [0.5, 0.6) is 0 Å². The second kappa shape index (κ2) is 9.16. The topological polar surface area (TPSA) is 76.4 Å². The molecule has 0 spiro atoms. The fourth-order valence-corrected chi connectivity index (χ4v) is 3.58. The van der Waals surface area contributed by atoms with Crippen LogP contribution in [0.3, 0.4) is 0 Å². The van der Waals surface area contributed by atoms with Crippen molar-refractivity contribution in [1.29, 1.82) is 0 Å². The van der Waals surface area contributed by atoms with E-state index in [9.17, 15) is 14.3 Å². The summed E-state index contributed by atoms with van der Waals surface area (Å²) in [4.78, 5) is 16.4. The van der Waals surface area contributed by atoms with Crippen molar-refractivity contribution in [2.24, 2.45) is 0 Å². The predicted octanol–water partition coefficient (Wildman–Crippen LogP) is 1.95. The maximum atomic E-state index is 13.0. The van der Waals surface area contributed by atoms with Crippen LogP contribution in [0.15, 0.2) is 35.6 Å². The van der Waals surface area contributed by atoms with Crippen LogP contribution < -0.4 is 5.32 Å². The van der Waals surface area contributed by atoms with E-state index in [4.69, 9.17) is 4.74 Å². The van der Waals surface area contributed by atoms with Gasteiger partial charge in [0.15, 0.2) is 5.16 Å². The van der Waals surface area contributed by atoms with Gasteiger partial charge in [-0.3, -0.25) is 4.79 Å². The molecule has 2 N–H and O–H groups in total. The molecule has 2 aromatic rings. The molecule has 8 heteroatoms. The van der Waals surface area contributed by atoms with Crippen LogP contribution in [-0.4, -0.2) is 45.6 Å². The number of amides is 1. The Hall–Kier alpha value is -1.90. The summed E-state index contributed by atoms with van der Waals surface area (Å²) in [7, 11) is 0. The number of benzene rings is 1. The molecule has 0 bridgehead atoms. The number of ether oxygens (including phenoxy) is 1. The average Bonchev–Trinajstić information content (AvgIpc) is 3.30. The Morgan fingerprint density at radius 3 is 2.92 bits per heavy atom. The quantitative estimate of drug-likeness (QED) is 0.686. The van der Waals surface area contributed by atoms with Crippen LogP contribution in [0.1, 0.15) is 24.1 Å². The lowest BCUT2D eigenvalue weighted by Crippen LogP contribution is -2.32. The lowest BCUT2D eigenvalue weighted by molar-refractivity contribution is -0.119. The summed E-state index contributed by atoms with van der Waals surface area (Å²) in [6.07, 6.45) is 3.89. The van der Waals surface area contributed by atoms with Gasteiger partial charge in [0.05, 0.1) is 24.2 Å². The molecule has 1 aliphatic rings. The van der Waals surface area contributed by atoms with Gasteiger partial charge in [0.1, 0.15) is 5.82 Å². The SMILES string of the molecule is O=C(CSc1nc(CO)cn1Cc1ccc(F)cc1)NCC1CCCO1. The van der Waals surface area contributed by atoms with Crippen molar-refractivity contribution in [1.82, 2.24) is 14.9 Å². The smallest absolute Gasteiger partial charge is 0.230 e. The van der Waals surface area contributed by atoms with Gasteiger partial charge in [-0.1, -0.05) is 23.9 Å². The zero-order valence-corrected chi connectivity index (χ0v) is 15.2. The summed E-state index contributed by atoms with van der Waals surface area (Å²) in [6, 6.07) is 6.22. The molecule has 0 aliphatic carbocycles. The minimum Gasteiger partial charge on any atom is -0.390 e. The summed E-state index contributed by atoms with van der Waals surface area (Å²) in [6.45, 7) is 1.62. The standard InChI is InChI=1S/C18H22FN3O3S/c19-14-5-3-13(4-6-14)9-22-10-15(11-23)21-18(22)26-12-17(24)20-8-16-2-1-7-25-16/h3-6,10,16,23H,1-2,7-9,11-12H2,(H,20,24). The van der Waals surface area contributed by atoms with Crippen molar-refractivity contribution < 1.29 is 19.0 Å². The lowest BCUT2D eigenvalue weighted by atomic mass is 10.2. The normalized spacial score (nSPS) is 16.8. The largest absolute Gasteiger partial charge is 0.390 e. The molecule has 1 unspecified atom stereocenters. The van der Waals surface area contributed by atoms with Crippen LogP contribution in [0.25, 0.3) is 0 Å². The number of hydrogen-bond acceptors (Lipinski definition) is 5. The molecule has 1 aromatic heterocycles. The number of aliphatic hydroxyl groups is 1. The minimum atomic E-state index is -0.284. The Labute approximate surface area is 155 Å². The molecule has 0 saturated carbocycles. The first-order valence-corrected chi connectivity index (χ1v) is 9.55. The van der Waals surface area contributed by atoms with Crippen molar-refractivity contribution in [3.63, 3.8) is 0 Å². The van der Waals surface area contributed by atoms with Crippen molar-refractivity contribution in [3.05, 3.63) is 47.5 Å². The molecule has 1 amide bonds. The highest BCUT2D eigenvalue weighted by atomic mass is 32.2. The van der Waals surface area contributed by atoms with E-state index in [-0.39, 0.29) is 30.2 Å². The van der Waals surface area contributed by atoms with Crippen LogP contribution in [0.4, 0.5) is 4.39 Å². The number of imidazole rings is 1. The monoisotopic (exact) mass is 379 g/mol. The molecule has 6 nitrogen and oxygen atoms in total. The van der Waals surface area contributed by atoms with E-state index in [1.54, 1.807) is 18.3 Å². The Kier molecular flexibility index (Phi) is 6.65. The molecular formula is C18H22FN3O3S. The Morgan fingerprint density at radius 2 is 2.23 bits per heavy atom. The minimum absolute atomic E-state index is 0.0765. The van der Waals surface area contributed by atoms with Crippen LogP contribution in [0, 0.1) is 5.82 Å². The van der Waals surface area contributed by atoms with Crippen molar-refractivity contribution in [2.75, 3.05) is 18.9 Å². The van der Waals surface area contributed by atoms with Gasteiger partial charge in [0.2, 0.25) is 5.91 Å². The summed E-state index contributed by atoms with van der Waals surface area (Å²) < 4.78 is 20.4. The van der Waals surface area contributed by atoms with E-state index < -0.39 is 0 Å². The highest BCUT2D eigenvalue weighted by Gasteiger charge is 2.17. The Morgan fingerprint density at radius 1 is 1.42 bits per heavy atom. The second-order valence-corrected chi connectivity index (χ2v) is 7.10. The first kappa shape index (κ1) is 18.9. The van der Waals surface area contributed by atoms with Gasteiger partial charge in [0.25, 0.3) is 0 Å². The number of hydrogen-bond donors (Lipinski definition) is 2. The molecule has 1 atom stereocenters. The molecule has 1 aromatic carbocycles. The van der Waals surface area contributed by atoms with Gasteiger partial charge in [0, 0.05) is 25.9 Å². The zero-order valence-electron chi connectivity index (χ0n) is 14.4. The van der Waals surface area contributed by atoms with Gasteiger partial charge >= 0.3 is 0 Å². The molecule has 0 radical (unpaired) electrons. The average molecular weight is 379 g/mol. The van der Waals surface area contributed by atoms with Gasteiger partial charge in [-0.2, -0.15) is 0 Å². The molecule has 3 rings (SSSR count). The first-order valence-electron chi connectivity index (χ1n) is 8.56. The number of aliphatic hydroxyl groups excluding tert-OH is 1. The summed E-state index contributed by atoms with van der Waals surface area (Å²) in [5.74, 6) is -0.127. The van der Waals surface area contributed by atoms with E-state index in [1.165, 1.54) is 23.9 Å². The van der Waals surface area contributed by atoms with E-state index in [1.807, 2.05) is 4.57 Å². The predicted molar refractivity (Wildman–Crippen MR) is 96.4 cm³/mol. The number of aromatic nitrogens is 2. The molecule has 1 aliphatic heterocycles. The highest BCUT2D eigenvalue weighted by molar-refractivity contribution is 7.99. The number of nitrogens with zero attached hydrogens (tertiary/aromatic N) is 2. The number of carbonyl (C=O) groups is 1. The number of rotatable bonds is 8. The van der Waals surface area contributed by atoms with E-state index in [2.05, 4.69) is 10.3 Å². The van der Waals surface area contributed by atoms with Crippen molar-refractivity contribution >= 4 is 17.7 Å². The summed E-state index contributed by atoms with van der Waals surface area (Å²) in [5, 5.41) is 12.9. The molecule has 26 heavy (non-hydrogen) atoms. The van der Waals surface area contributed by atoms with Crippen molar-refractivity contribution in [3.8, 4) is 0 Å². The number of carbonyl (C=O) groups excluding carboxylic acids is 1. The molecular weight excluding hydrogens is 357 g/mol. The fourth-order valence-electron chi connectivity index (χ4n) is 2.76. The third kappa shape index (κ3) is 5.30. The van der Waals surface area contributed by atoms with Gasteiger partial charge in [-0.25, -0.2) is 9.37 Å². The second-order valence-electron chi connectivity index (χ2n) is 6.16. The molecule has 1 fully saturated rings. The van der Waals surface area contributed by atoms with Gasteiger partial charge < -0.3 is 19.7 Å². The third-order valence-electron chi connectivity index (χ3n) is 4.10. The Balaban J connectivity index is 1.56. The van der Waals surface area contributed by atoms with Gasteiger partial charge in [-0.05, 0) is 30.5 Å². The zero-order chi connectivity index (χ0) is 18.4. The van der Waals surface area contributed by atoms with Gasteiger partial charge in [-0.15, -0.1) is 0 Å². The van der Waals surface area contributed by atoms with E-state index in [0.29, 0.717) is 23.9 Å². The maximum absolute atomic E-state index is 13.0. The van der Waals surface area contributed by atoms with Crippen LogP contribution in [-0.2, 0) is 22.7 Å². The third-order valence-corrected chi connectivity index (χ3v) is 5.09. The van der Waals surface area contributed by atoms with E-state index >= 15 is 0 Å². The summed E-state index contributed by atoms with van der Waals surface area (Å²) in [5.41, 5.74) is 1.45. The molecule has 1 saturated heterocycles. The Bertz CT molecular complexity index is 730. The van der Waals surface area contributed by atoms with E-state index in [0.717, 1.165) is 25.0 Å². The van der Waals surface area contributed by atoms with Crippen molar-refractivity contribution in [2.45, 2.75) is 37.3 Å². The lowest BCUT2D eigenvalue weighted by Gasteiger charge is -2.11. The summed E-state index contributed by atoms with van der Waals surface area (Å²) >= 11 is 1.31. The fraction of sp³-hybridized carbons (Fsp3) is 0.444. The number of nitrogens with one attached hydrogen (secondary N) is 1. The molecule has 2 heterocycles. The first-order chi connectivity index (χ1) is 12.6. The van der Waals surface area contributed by atoms with Crippen LogP contribution in [0.2, 0.25) is 0 Å². The molecule has 140 valence electrons. The van der Waals surface area contributed by atoms with Crippen LogP contribution >= 0.6 is 11.8 Å². The number of thioether (sulfide) groups is 1.